The van der Waals surface area contributed by atoms with Gasteiger partial charge in [-0.3, -0.25) is 0 Å². The first-order valence-corrected chi connectivity index (χ1v) is 8.85. The molecule has 0 spiro atoms. The summed E-state index contributed by atoms with van der Waals surface area (Å²) in [6.07, 6.45) is 2.67. The molecular weight excluding hydrogens is 296 g/mol. The summed E-state index contributed by atoms with van der Waals surface area (Å²) in [5.41, 5.74) is 0. The Bertz CT molecular complexity index is 579. The molecule has 0 N–H and O–H groups in total. The van der Waals surface area contributed by atoms with Gasteiger partial charge in [-0.05, 0) is 37.0 Å². The second-order valence-electron chi connectivity index (χ2n) is 5.61. The molecule has 0 bridgehead atoms. The Morgan fingerprint density at radius 2 is 1.85 bits per heavy atom. The maximum atomic E-state index is 12.5. The first-order chi connectivity index (χ1) is 9.55. The zero-order chi connectivity index (χ0) is 14.2. The molecule has 1 saturated heterocycles. The van der Waals surface area contributed by atoms with Gasteiger partial charge in [0.1, 0.15) is 0 Å². The second kappa shape index (κ2) is 5.64. The summed E-state index contributed by atoms with van der Waals surface area (Å²) in [4.78, 5) is 2.67. The van der Waals surface area contributed by atoms with E-state index >= 15 is 0 Å². The first kappa shape index (κ1) is 14.3. The van der Waals surface area contributed by atoms with Crippen molar-refractivity contribution in [3.05, 3.63) is 29.3 Å². The van der Waals surface area contributed by atoms with E-state index in [-0.39, 0.29) is 0 Å². The number of benzene rings is 1. The topological polar surface area (TPSA) is 40.6 Å². The quantitative estimate of drug-likeness (QED) is 0.854. The molecule has 1 aliphatic carbocycles. The number of halogens is 1. The molecule has 6 heteroatoms. The smallest absolute Gasteiger partial charge is 0.243 e. The summed E-state index contributed by atoms with van der Waals surface area (Å²) >= 11 is 5.89. The molecule has 0 atom stereocenters. The fourth-order valence-corrected chi connectivity index (χ4v) is 4.32. The molecule has 110 valence electrons. The van der Waals surface area contributed by atoms with E-state index in [4.69, 9.17) is 11.6 Å². The zero-order valence-corrected chi connectivity index (χ0v) is 12.9. The third-order valence-electron chi connectivity index (χ3n) is 3.98. The van der Waals surface area contributed by atoms with Crippen molar-refractivity contribution < 1.29 is 8.42 Å². The third-order valence-corrected chi connectivity index (χ3v) is 6.11. The fraction of sp³-hybridized carbons (Fsp3) is 0.571. The molecule has 0 radical (unpaired) electrons. The molecule has 1 saturated carbocycles. The van der Waals surface area contributed by atoms with E-state index in [1.807, 2.05) is 0 Å². The van der Waals surface area contributed by atoms with Crippen LogP contribution in [0, 0.1) is 5.92 Å². The maximum absolute atomic E-state index is 12.5. The summed E-state index contributed by atoms with van der Waals surface area (Å²) in [6, 6.07) is 6.50. The largest absolute Gasteiger partial charge is 0.300 e. The van der Waals surface area contributed by atoms with Gasteiger partial charge in [-0.15, -0.1) is 0 Å². The molecule has 1 aliphatic heterocycles. The SMILES string of the molecule is O=S(=O)(c1cccc(Cl)c1)N1CCN(CC2CC2)CC1. The predicted molar refractivity (Wildman–Crippen MR) is 79.4 cm³/mol. The second-order valence-corrected chi connectivity index (χ2v) is 7.98. The monoisotopic (exact) mass is 314 g/mol. The van der Waals surface area contributed by atoms with Crippen molar-refractivity contribution >= 4 is 21.6 Å². The van der Waals surface area contributed by atoms with Gasteiger partial charge in [-0.1, -0.05) is 17.7 Å². The van der Waals surface area contributed by atoms with E-state index in [1.54, 1.807) is 22.5 Å². The van der Waals surface area contributed by atoms with E-state index in [0.29, 0.717) is 23.0 Å². The fourth-order valence-electron chi connectivity index (χ4n) is 2.59. The van der Waals surface area contributed by atoms with Gasteiger partial charge < -0.3 is 4.90 Å². The highest BCUT2D eigenvalue weighted by atomic mass is 35.5. The molecule has 0 aromatic heterocycles. The van der Waals surface area contributed by atoms with Crippen LogP contribution < -0.4 is 0 Å². The number of sulfonamides is 1. The Balaban J connectivity index is 1.66. The van der Waals surface area contributed by atoms with Crippen LogP contribution in [-0.4, -0.2) is 50.3 Å². The Morgan fingerprint density at radius 1 is 1.15 bits per heavy atom. The minimum atomic E-state index is -3.40. The normalized spacial score (nSPS) is 22.1. The number of nitrogens with zero attached hydrogens (tertiary/aromatic N) is 2. The molecule has 0 unspecified atom stereocenters. The standard InChI is InChI=1S/C14H19ClN2O2S/c15-13-2-1-3-14(10-13)20(18,19)17-8-6-16(7-9-17)11-12-4-5-12/h1-3,10,12H,4-9,11H2. The van der Waals surface area contributed by atoms with Crippen molar-refractivity contribution in [2.45, 2.75) is 17.7 Å². The molecule has 1 aromatic carbocycles. The van der Waals surface area contributed by atoms with Crippen LogP contribution in [0.5, 0.6) is 0 Å². The molecule has 2 aliphatic rings. The Morgan fingerprint density at radius 3 is 2.45 bits per heavy atom. The Hall–Kier alpha value is -0.620. The van der Waals surface area contributed by atoms with Gasteiger partial charge in [0.2, 0.25) is 10.0 Å². The van der Waals surface area contributed by atoms with Crippen LogP contribution in [0.2, 0.25) is 5.02 Å². The molecule has 20 heavy (non-hydrogen) atoms. The first-order valence-electron chi connectivity index (χ1n) is 7.04. The maximum Gasteiger partial charge on any atom is 0.243 e. The van der Waals surface area contributed by atoms with Crippen LogP contribution in [0.3, 0.4) is 0 Å². The molecular formula is C14H19ClN2O2S. The molecule has 1 aromatic rings. The van der Waals surface area contributed by atoms with Gasteiger partial charge in [0, 0.05) is 37.7 Å². The van der Waals surface area contributed by atoms with Crippen LogP contribution in [0.4, 0.5) is 0 Å². The number of piperazine rings is 1. The molecule has 4 nitrogen and oxygen atoms in total. The van der Waals surface area contributed by atoms with Crippen LogP contribution in [0.15, 0.2) is 29.2 Å². The molecule has 2 fully saturated rings. The summed E-state index contributed by atoms with van der Waals surface area (Å²) in [7, 11) is -3.40. The van der Waals surface area contributed by atoms with Crippen LogP contribution in [-0.2, 0) is 10.0 Å². The van der Waals surface area contributed by atoms with Gasteiger partial charge >= 0.3 is 0 Å². The van der Waals surface area contributed by atoms with E-state index in [2.05, 4.69) is 4.90 Å². The minimum absolute atomic E-state index is 0.292. The van der Waals surface area contributed by atoms with Gasteiger partial charge in [0.05, 0.1) is 4.90 Å². The average Bonchev–Trinajstić information content (AvgIpc) is 3.23. The lowest BCUT2D eigenvalue weighted by Crippen LogP contribution is -2.49. The summed E-state index contributed by atoms with van der Waals surface area (Å²) < 4.78 is 26.6. The van der Waals surface area contributed by atoms with Crippen molar-refractivity contribution in [3.8, 4) is 0 Å². The number of hydrogen-bond acceptors (Lipinski definition) is 3. The van der Waals surface area contributed by atoms with Gasteiger partial charge in [-0.25, -0.2) is 8.42 Å². The highest BCUT2D eigenvalue weighted by molar-refractivity contribution is 7.89. The Labute approximate surface area is 125 Å². The van der Waals surface area contributed by atoms with Gasteiger partial charge in [-0.2, -0.15) is 4.31 Å². The highest BCUT2D eigenvalue weighted by Gasteiger charge is 2.31. The van der Waals surface area contributed by atoms with Crippen molar-refractivity contribution in [1.82, 2.24) is 9.21 Å². The zero-order valence-electron chi connectivity index (χ0n) is 11.3. The third kappa shape index (κ3) is 3.17. The van der Waals surface area contributed by atoms with Crippen LogP contribution >= 0.6 is 11.6 Å². The van der Waals surface area contributed by atoms with Gasteiger partial charge in [0.15, 0.2) is 0 Å². The molecule has 0 amide bonds. The van der Waals surface area contributed by atoms with E-state index in [1.165, 1.54) is 18.9 Å². The Kier molecular flexibility index (Phi) is 4.04. The predicted octanol–water partition coefficient (Wildman–Crippen LogP) is 2.06. The lowest BCUT2D eigenvalue weighted by atomic mass is 10.3. The van der Waals surface area contributed by atoms with Crippen molar-refractivity contribution in [1.29, 1.82) is 0 Å². The van der Waals surface area contributed by atoms with Crippen molar-refractivity contribution in [3.63, 3.8) is 0 Å². The molecule has 1 heterocycles. The van der Waals surface area contributed by atoms with Crippen LogP contribution in [0.25, 0.3) is 0 Å². The average molecular weight is 315 g/mol. The number of hydrogen-bond donors (Lipinski definition) is 0. The minimum Gasteiger partial charge on any atom is -0.300 e. The van der Waals surface area contributed by atoms with E-state index < -0.39 is 10.0 Å². The van der Waals surface area contributed by atoms with E-state index in [9.17, 15) is 8.42 Å². The number of rotatable bonds is 4. The lowest BCUT2D eigenvalue weighted by Gasteiger charge is -2.34. The van der Waals surface area contributed by atoms with Crippen LogP contribution in [0.1, 0.15) is 12.8 Å². The summed E-state index contributed by atoms with van der Waals surface area (Å²) in [5.74, 6) is 0.853. The lowest BCUT2D eigenvalue weighted by molar-refractivity contribution is 0.182. The summed E-state index contributed by atoms with van der Waals surface area (Å²) in [5, 5.41) is 0.457. The van der Waals surface area contributed by atoms with Gasteiger partial charge in [0.25, 0.3) is 0 Å². The molecule has 3 rings (SSSR count). The summed E-state index contributed by atoms with van der Waals surface area (Å²) in [6.45, 7) is 3.93. The van der Waals surface area contributed by atoms with Crippen molar-refractivity contribution in [2.75, 3.05) is 32.7 Å². The van der Waals surface area contributed by atoms with Crippen molar-refractivity contribution in [2.24, 2.45) is 5.92 Å². The van der Waals surface area contributed by atoms with E-state index in [0.717, 1.165) is 25.6 Å². The highest BCUT2D eigenvalue weighted by Crippen LogP contribution is 2.30.